The van der Waals surface area contributed by atoms with E-state index in [1.54, 1.807) is 75.2 Å². The van der Waals surface area contributed by atoms with Gasteiger partial charge in [0.15, 0.2) is 11.2 Å². The number of methoxy groups -OCH3 is 1. The van der Waals surface area contributed by atoms with Crippen molar-refractivity contribution in [3.8, 4) is 11.3 Å². The molecule has 4 fully saturated rings. The number of hydrogen-bond acceptors (Lipinski definition) is 28. The normalized spacial score (nSPS) is 19.8. The Kier molecular flexibility index (Phi) is 28.7. The van der Waals surface area contributed by atoms with Crippen molar-refractivity contribution in [3.63, 3.8) is 0 Å². The van der Waals surface area contributed by atoms with Crippen LogP contribution in [-0.2, 0) is 64.2 Å². The number of aliphatic hydroxyl groups excluding tert-OH is 1. The molecule has 0 radical (unpaired) electrons. The van der Waals surface area contributed by atoms with E-state index in [9.17, 15) is 38.7 Å². The summed E-state index contributed by atoms with van der Waals surface area (Å²) in [4.78, 5) is 141. The van der Waals surface area contributed by atoms with Crippen molar-refractivity contribution in [1.29, 1.82) is 0 Å². The average Bonchev–Trinajstić information content (AvgIpc) is 1.62. The lowest BCUT2D eigenvalue weighted by Gasteiger charge is -2.35. The van der Waals surface area contributed by atoms with E-state index in [0.29, 0.717) is 197 Å². The number of amides is 3. The van der Waals surface area contributed by atoms with Gasteiger partial charge in [0, 0.05) is 159 Å². The summed E-state index contributed by atoms with van der Waals surface area (Å²) in [5.41, 5.74) is 21.7. The van der Waals surface area contributed by atoms with Crippen molar-refractivity contribution in [2.75, 3.05) is 92.2 Å². The van der Waals surface area contributed by atoms with Crippen LogP contribution < -0.4 is 31.5 Å². The Bertz CT molecular complexity index is 4990. The first-order chi connectivity index (χ1) is 57.6. The molecule has 10 heterocycles. The highest BCUT2D eigenvalue weighted by atomic mass is 16.6. The van der Waals surface area contributed by atoms with Crippen molar-refractivity contribution in [2.24, 2.45) is 23.7 Å². The van der Waals surface area contributed by atoms with Gasteiger partial charge in [-0.2, -0.15) is 10.1 Å². The van der Waals surface area contributed by atoms with E-state index in [0.717, 1.165) is 72.6 Å². The van der Waals surface area contributed by atoms with Crippen LogP contribution in [0.2, 0.25) is 0 Å². The summed E-state index contributed by atoms with van der Waals surface area (Å²) in [6.45, 7) is 15.6. The van der Waals surface area contributed by atoms with E-state index in [2.05, 4.69) is 72.1 Å². The quantitative estimate of drug-likeness (QED) is 0.0165. The van der Waals surface area contributed by atoms with E-state index >= 15 is 0 Å². The fourth-order valence-corrected chi connectivity index (χ4v) is 16.4. The number of nitrogen functional groups attached to an aromatic ring is 2. The second kappa shape index (κ2) is 40.1. The van der Waals surface area contributed by atoms with Gasteiger partial charge in [0.05, 0.1) is 41.4 Å². The third kappa shape index (κ3) is 22.2. The van der Waals surface area contributed by atoms with Crippen LogP contribution in [-0.4, -0.2) is 214 Å². The summed E-state index contributed by atoms with van der Waals surface area (Å²) in [7, 11) is 1.68. The number of hydrogen-bond donors (Lipinski definition) is 4. The predicted molar refractivity (Wildman–Crippen MR) is 446 cm³/mol. The number of benzene rings is 2. The lowest BCUT2D eigenvalue weighted by molar-refractivity contribution is -0.137. The zero-order valence-electron chi connectivity index (χ0n) is 68.4. The lowest BCUT2D eigenvalue weighted by atomic mass is 9.83. The molecule has 8 atom stereocenters. The van der Waals surface area contributed by atoms with Gasteiger partial charge in [0.2, 0.25) is 17.8 Å². The number of aldehydes is 1. The second-order valence-electron chi connectivity index (χ2n) is 32.0. The number of nitrogens with one attached hydrogen (secondary N) is 1. The predicted octanol–water partition coefficient (Wildman–Crippen LogP) is 9.94. The van der Waals surface area contributed by atoms with Crippen LogP contribution in [0.25, 0.3) is 33.4 Å². The number of oxazole rings is 1. The number of ketones is 2. The molecular formula is C87H107N19O13. The van der Waals surface area contributed by atoms with E-state index in [-0.39, 0.29) is 85.0 Å². The molecule has 32 heteroatoms. The number of aliphatic hydroxyl groups is 1. The van der Waals surface area contributed by atoms with Crippen molar-refractivity contribution in [2.45, 2.75) is 181 Å². The second-order valence-corrected chi connectivity index (χ2v) is 32.0. The fraction of sp³-hybridized carbons (Fsp3) is 0.483. The Labute approximate surface area is 691 Å². The highest BCUT2D eigenvalue weighted by Gasteiger charge is 2.32. The molecule has 6 aromatic heterocycles. The van der Waals surface area contributed by atoms with Crippen LogP contribution in [0.5, 0.6) is 0 Å². The van der Waals surface area contributed by atoms with E-state index in [1.165, 1.54) is 6.33 Å². The maximum Gasteiger partial charge on any atom is 0.407 e. The highest BCUT2D eigenvalue weighted by Crippen LogP contribution is 2.36. The minimum Gasteiger partial charge on any atom is -0.464 e. The van der Waals surface area contributed by atoms with Gasteiger partial charge in [-0.05, 0) is 142 Å². The molecule has 5 aliphatic rings. The smallest absolute Gasteiger partial charge is 0.407 e. The molecule has 6 N–H and O–H groups in total. The number of carbonyl (C=O) groups is 7. The van der Waals surface area contributed by atoms with E-state index < -0.39 is 24.2 Å². The Balaban J connectivity index is 0.473. The number of alkyl carbamates (subject to hydrolysis) is 1. The molecule has 4 aliphatic heterocycles. The number of anilines is 5. The Morgan fingerprint density at radius 3 is 2.05 bits per heavy atom. The zero-order valence-corrected chi connectivity index (χ0v) is 68.4. The molecule has 13 rings (SSSR count). The van der Waals surface area contributed by atoms with Gasteiger partial charge >= 0.3 is 6.09 Å². The molecule has 3 amide bonds. The van der Waals surface area contributed by atoms with Crippen molar-refractivity contribution in [3.05, 3.63) is 161 Å². The fourth-order valence-electron chi connectivity index (χ4n) is 16.4. The summed E-state index contributed by atoms with van der Waals surface area (Å²) < 4.78 is 30.1. The summed E-state index contributed by atoms with van der Waals surface area (Å²) in [5.74, 6) is 0.890. The van der Waals surface area contributed by atoms with Crippen LogP contribution in [0.4, 0.5) is 34.5 Å². The summed E-state index contributed by atoms with van der Waals surface area (Å²) in [6.07, 6.45) is 29.4. The SMILES string of the molecule is COC(CC1CCCC(C=O)O1)/C(C)=C/C=C/C=C/C(C)CC(C)C(=O)CC(O)/C(C)=C/C(C)C(=O)CC(CCC1CCC(OC(=O)NCc2cnc(N3CCN(c4ncc(C(=O)N5CCN(c6ncc(C(=O)N7CCc8cc(Cn9nc(-c%10ccc%11oc(N)nc%11c%10)c%10c(N)ncnc%109)ccc8C7)cn6)CC5)cn4)CC3)nc2)CC1)OC=O. The number of piperazine rings is 2. The number of fused-ring (bicyclic) bond motifs is 3. The number of nitrogens with zero attached hydrogens (tertiary/aromatic N) is 16. The van der Waals surface area contributed by atoms with Gasteiger partial charge in [-0.15, -0.1) is 0 Å². The van der Waals surface area contributed by atoms with Crippen LogP contribution in [0.15, 0.2) is 132 Å². The zero-order chi connectivity index (χ0) is 83.6. The molecule has 1 saturated carbocycles. The van der Waals surface area contributed by atoms with Crippen LogP contribution in [0.1, 0.15) is 161 Å². The molecule has 1 aliphatic carbocycles. The first kappa shape index (κ1) is 85.1. The van der Waals surface area contributed by atoms with Crippen molar-refractivity contribution >= 4 is 94.0 Å². The molecule has 8 unspecified atom stereocenters. The number of Topliss-reactive ketones (excluding diaryl/α,β-unsaturated/α-hetero) is 2. The van der Waals surface area contributed by atoms with Crippen LogP contribution in [0.3, 0.4) is 0 Å². The van der Waals surface area contributed by atoms with E-state index in [1.807, 2.05) is 83.8 Å². The van der Waals surface area contributed by atoms with Crippen LogP contribution >= 0.6 is 0 Å². The molecule has 2 aromatic carbocycles. The first-order valence-corrected chi connectivity index (χ1v) is 41.3. The molecule has 119 heavy (non-hydrogen) atoms. The van der Waals surface area contributed by atoms with Crippen LogP contribution in [0, 0.1) is 23.7 Å². The number of nitrogens with two attached hydrogens (primary N) is 2. The van der Waals surface area contributed by atoms with Gasteiger partial charge in [0.25, 0.3) is 24.3 Å². The molecular weight excluding hydrogens is 1520 g/mol. The highest BCUT2D eigenvalue weighted by molar-refractivity contribution is 6.00. The molecule has 3 saturated heterocycles. The largest absolute Gasteiger partial charge is 0.464 e. The van der Waals surface area contributed by atoms with Gasteiger partial charge in [0.1, 0.15) is 59.5 Å². The monoisotopic (exact) mass is 1630 g/mol. The van der Waals surface area contributed by atoms with Crippen molar-refractivity contribution < 1.29 is 62.0 Å². The molecule has 8 aromatic rings. The van der Waals surface area contributed by atoms with Gasteiger partial charge in [-0.1, -0.05) is 75.4 Å². The minimum absolute atomic E-state index is 0.0116. The third-order valence-electron chi connectivity index (χ3n) is 23.4. The number of aromatic nitrogens is 11. The topological polar surface area (TPSA) is 404 Å². The number of ether oxygens (including phenoxy) is 4. The molecule has 32 nitrogen and oxygen atoms in total. The van der Waals surface area contributed by atoms with Gasteiger partial charge in [-0.3, -0.25) is 24.0 Å². The summed E-state index contributed by atoms with van der Waals surface area (Å²) >= 11 is 0. The molecule has 0 spiro atoms. The van der Waals surface area contributed by atoms with E-state index in [4.69, 9.17) is 39.9 Å². The Morgan fingerprint density at radius 2 is 1.38 bits per heavy atom. The standard InChI is InChI=1S/C87H107N19O13/c1-54(11-8-7-9-12-55(2)76(115-6)40-69-13-10-14-70(51-107)117-69)35-56(3)73(110)41-74(111)58(5)36-57(4)72(109)39-68(116-53-108)23-18-59-16-21-67(22-17-59)118-87(114)96-44-61-42-90-84(91-43-61)103-31-33-104(34-32-103)86-92-45-65(46-93-86)81(112)101-27-29-102(30-28-101)85-94-47-66(48-95-85)82(113)105-26-25-62-37-60(15-19-64(62)50-105)49-106-80-77(79(88)97-52-98-80)78(100-106)63-20-24-75-71(38-63)99-83(89)119-75/h7-9,11-12,15,19-20,24,36-38,42-43,45-48,51-54,56-57,59,67-70,74,76,111H,10,13-14,16-18,21-23,25-35,39-41,44,49-50H2,1-6H3,(H2,89,99)(H,96,114)(H2,88,97,98)/b9-7+,11-8+,55-12+,58-36+. The molecule has 628 valence electrons. The maximum absolute atomic E-state index is 13.9. The first-order valence-electron chi connectivity index (χ1n) is 41.3. The van der Waals surface area contributed by atoms with Gasteiger partial charge < -0.3 is 74.5 Å². The summed E-state index contributed by atoms with van der Waals surface area (Å²) in [6, 6.07) is 11.9. The third-order valence-corrected chi connectivity index (χ3v) is 23.4. The lowest BCUT2D eigenvalue weighted by Crippen LogP contribution is -2.49. The average molecular weight is 1630 g/mol. The Hall–Kier alpha value is -11.8. The maximum atomic E-state index is 13.9. The molecule has 0 bridgehead atoms. The number of allylic oxidation sites excluding steroid dienone is 6. The Morgan fingerprint density at radius 1 is 0.706 bits per heavy atom. The van der Waals surface area contributed by atoms with Crippen molar-refractivity contribution in [1.82, 2.24) is 69.8 Å². The summed E-state index contributed by atoms with van der Waals surface area (Å²) in [5, 5.41) is 19.5. The number of carbonyl (C=O) groups excluding carboxylic acids is 7. The minimum atomic E-state index is -1.04. The number of rotatable bonds is 34. The van der Waals surface area contributed by atoms with Gasteiger partial charge in [-0.25, -0.2) is 49.3 Å².